The highest BCUT2D eigenvalue weighted by Crippen LogP contribution is 2.38. The summed E-state index contributed by atoms with van der Waals surface area (Å²) in [5, 5.41) is 0.722. The normalized spacial score (nSPS) is 13.4. The van der Waals surface area contributed by atoms with Crippen molar-refractivity contribution in [2.75, 3.05) is 21.3 Å². The molecule has 0 unspecified atom stereocenters. The third-order valence-electron chi connectivity index (χ3n) is 6.82. The summed E-state index contributed by atoms with van der Waals surface area (Å²) in [6.45, 7) is 1.98. The molecule has 2 aromatic heterocycles. The summed E-state index contributed by atoms with van der Waals surface area (Å²) in [7, 11) is 4.56. The van der Waals surface area contributed by atoms with E-state index in [-0.39, 0.29) is 30.1 Å². The van der Waals surface area contributed by atoms with Gasteiger partial charge in [0.15, 0.2) is 11.5 Å². The zero-order chi connectivity index (χ0) is 27.7. The molecule has 2 amide bonds. The molecule has 0 bridgehead atoms. The molecule has 5 rings (SSSR count). The molecule has 3 heterocycles. The average Bonchev–Trinajstić information content (AvgIpc) is 3.17. The van der Waals surface area contributed by atoms with Crippen LogP contribution >= 0.6 is 0 Å². The number of hydrogen-bond donors (Lipinski definition) is 0. The highest BCUT2D eigenvalue weighted by Gasteiger charge is 2.38. The SMILES string of the molecule is COc1ccc(CN2C(=O)C(C)=C(c3cc4ccc(=O)n(Cc5ccccn5)c4cc3OC)C2=O)cc1OC. The zero-order valence-electron chi connectivity index (χ0n) is 22.1. The number of hydrogen-bond acceptors (Lipinski definition) is 7. The molecule has 0 atom stereocenters. The monoisotopic (exact) mass is 525 g/mol. The summed E-state index contributed by atoms with van der Waals surface area (Å²) in [6.07, 6.45) is 1.68. The van der Waals surface area contributed by atoms with E-state index in [1.54, 1.807) is 61.2 Å². The summed E-state index contributed by atoms with van der Waals surface area (Å²) in [6, 6.07) is 17.5. The van der Waals surface area contributed by atoms with E-state index in [2.05, 4.69) is 4.98 Å². The molecule has 0 radical (unpaired) electrons. The number of rotatable bonds is 8. The van der Waals surface area contributed by atoms with E-state index in [0.717, 1.165) is 11.1 Å². The van der Waals surface area contributed by atoms with E-state index in [1.165, 1.54) is 25.2 Å². The molecular formula is C30H27N3O6. The van der Waals surface area contributed by atoms with Crippen molar-refractivity contribution in [3.05, 3.63) is 99.6 Å². The van der Waals surface area contributed by atoms with Crippen LogP contribution in [0.4, 0.5) is 0 Å². The number of imide groups is 1. The molecule has 0 N–H and O–H groups in total. The lowest BCUT2D eigenvalue weighted by atomic mass is 9.99. The van der Waals surface area contributed by atoms with E-state index in [1.807, 2.05) is 18.2 Å². The largest absolute Gasteiger partial charge is 0.496 e. The Morgan fingerprint density at radius 1 is 0.769 bits per heavy atom. The van der Waals surface area contributed by atoms with Gasteiger partial charge in [-0.15, -0.1) is 0 Å². The Morgan fingerprint density at radius 2 is 1.54 bits per heavy atom. The Kier molecular flexibility index (Phi) is 6.89. The van der Waals surface area contributed by atoms with Crippen LogP contribution < -0.4 is 19.8 Å². The number of ether oxygens (including phenoxy) is 3. The van der Waals surface area contributed by atoms with Crippen molar-refractivity contribution in [2.24, 2.45) is 0 Å². The Balaban J connectivity index is 1.54. The minimum Gasteiger partial charge on any atom is -0.496 e. The number of carbonyl (C=O) groups excluding carboxylic acids is 2. The predicted molar refractivity (Wildman–Crippen MR) is 146 cm³/mol. The smallest absolute Gasteiger partial charge is 0.262 e. The second kappa shape index (κ2) is 10.4. The molecule has 9 heteroatoms. The van der Waals surface area contributed by atoms with Crippen molar-refractivity contribution < 1.29 is 23.8 Å². The van der Waals surface area contributed by atoms with Gasteiger partial charge in [-0.2, -0.15) is 0 Å². The van der Waals surface area contributed by atoms with Crippen molar-refractivity contribution in [1.82, 2.24) is 14.5 Å². The minimum absolute atomic E-state index is 0.0678. The van der Waals surface area contributed by atoms with Crippen molar-refractivity contribution >= 4 is 28.3 Å². The molecule has 198 valence electrons. The van der Waals surface area contributed by atoms with Gasteiger partial charge in [0, 0.05) is 29.5 Å². The maximum Gasteiger partial charge on any atom is 0.262 e. The number of methoxy groups -OCH3 is 3. The first-order chi connectivity index (χ1) is 18.9. The summed E-state index contributed by atoms with van der Waals surface area (Å²) in [4.78, 5) is 45.2. The predicted octanol–water partition coefficient (Wildman–Crippen LogP) is 3.81. The molecule has 39 heavy (non-hydrogen) atoms. The second-order valence-electron chi connectivity index (χ2n) is 9.08. The van der Waals surface area contributed by atoms with Crippen LogP contribution in [0, 0.1) is 0 Å². The molecule has 0 spiro atoms. The molecule has 4 aromatic rings. The Labute approximate surface area is 224 Å². The molecule has 2 aromatic carbocycles. The van der Waals surface area contributed by atoms with Gasteiger partial charge in [0.25, 0.3) is 17.4 Å². The number of fused-ring (bicyclic) bond motifs is 1. The standard InChI is InChI=1S/C30H27N3O6/c1-18-28(30(36)33(29(18)35)16-19-8-10-24(37-2)26(13-19)39-4)22-14-20-9-11-27(34)32(23(20)15-25(22)38-3)17-21-7-5-6-12-31-21/h5-15H,16-17H2,1-4H3. The lowest BCUT2D eigenvalue weighted by Crippen LogP contribution is -2.31. The highest BCUT2D eigenvalue weighted by molar-refractivity contribution is 6.36. The second-order valence-corrected chi connectivity index (χ2v) is 9.08. The molecule has 0 aliphatic carbocycles. The number of carbonyl (C=O) groups is 2. The van der Waals surface area contributed by atoms with Gasteiger partial charge in [-0.25, -0.2) is 0 Å². The maximum absolute atomic E-state index is 13.6. The minimum atomic E-state index is -0.424. The average molecular weight is 526 g/mol. The molecule has 1 aliphatic heterocycles. The van der Waals surface area contributed by atoms with Gasteiger partial charge in [0.05, 0.1) is 51.2 Å². The highest BCUT2D eigenvalue weighted by atomic mass is 16.5. The van der Waals surface area contributed by atoms with Gasteiger partial charge < -0.3 is 18.8 Å². The summed E-state index contributed by atoms with van der Waals surface area (Å²) in [5.41, 5.74) is 2.96. The fourth-order valence-corrected chi connectivity index (χ4v) is 4.82. The quantitative estimate of drug-likeness (QED) is 0.323. The lowest BCUT2D eigenvalue weighted by molar-refractivity contribution is -0.137. The van der Waals surface area contributed by atoms with Crippen molar-refractivity contribution in [2.45, 2.75) is 20.0 Å². The van der Waals surface area contributed by atoms with Crippen molar-refractivity contribution in [1.29, 1.82) is 0 Å². The number of nitrogens with zero attached hydrogens (tertiary/aromatic N) is 3. The van der Waals surface area contributed by atoms with Crippen molar-refractivity contribution in [3.8, 4) is 17.2 Å². The van der Waals surface area contributed by atoms with Crippen LogP contribution in [-0.4, -0.2) is 47.6 Å². The van der Waals surface area contributed by atoms with Crippen LogP contribution in [0.25, 0.3) is 16.5 Å². The molecule has 9 nitrogen and oxygen atoms in total. The van der Waals surface area contributed by atoms with Crippen LogP contribution in [0.1, 0.15) is 23.7 Å². The van der Waals surface area contributed by atoms with Gasteiger partial charge in [-0.3, -0.25) is 24.3 Å². The van der Waals surface area contributed by atoms with Crippen LogP contribution in [0.3, 0.4) is 0 Å². The summed E-state index contributed by atoms with van der Waals surface area (Å²) in [5.74, 6) is 0.634. The van der Waals surface area contributed by atoms with E-state index in [9.17, 15) is 14.4 Å². The van der Waals surface area contributed by atoms with Gasteiger partial charge in [0.1, 0.15) is 5.75 Å². The first kappa shape index (κ1) is 25.7. The number of amides is 2. The van der Waals surface area contributed by atoms with Gasteiger partial charge in [-0.05, 0) is 54.3 Å². The zero-order valence-corrected chi connectivity index (χ0v) is 22.1. The third kappa shape index (κ3) is 4.63. The first-order valence-electron chi connectivity index (χ1n) is 12.3. The van der Waals surface area contributed by atoms with Crippen LogP contribution in [0.2, 0.25) is 0 Å². The van der Waals surface area contributed by atoms with E-state index in [0.29, 0.717) is 39.5 Å². The first-order valence-corrected chi connectivity index (χ1v) is 12.3. The lowest BCUT2D eigenvalue weighted by Gasteiger charge is -2.18. The van der Waals surface area contributed by atoms with Crippen LogP contribution in [-0.2, 0) is 22.7 Å². The van der Waals surface area contributed by atoms with Crippen LogP contribution in [0.15, 0.2) is 77.2 Å². The Hall–Kier alpha value is -4.92. The van der Waals surface area contributed by atoms with E-state index >= 15 is 0 Å². The molecule has 0 fully saturated rings. The van der Waals surface area contributed by atoms with Gasteiger partial charge in [0.2, 0.25) is 0 Å². The van der Waals surface area contributed by atoms with E-state index in [4.69, 9.17) is 14.2 Å². The van der Waals surface area contributed by atoms with Crippen LogP contribution in [0.5, 0.6) is 17.2 Å². The van der Waals surface area contributed by atoms with E-state index < -0.39 is 5.91 Å². The maximum atomic E-state index is 13.6. The Morgan fingerprint density at radius 3 is 2.23 bits per heavy atom. The third-order valence-corrected chi connectivity index (χ3v) is 6.82. The summed E-state index contributed by atoms with van der Waals surface area (Å²) < 4.78 is 17.9. The molecule has 0 saturated carbocycles. The number of benzene rings is 2. The topological polar surface area (TPSA) is 100.0 Å². The Bertz CT molecular complexity index is 1690. The number of aromatic nitrogens is 2. The van der Waals surface area contributed by atoms with Gasteiger partial charge >= 0.3 is 0 Å². The fourth-order valence-electron chi connectivity index (χ4n) is 4.82. The molecule has 0 saturated heterocycles. The fraction of sp³-hybridized carbons (Fsp3) is 0.200. The number of pyridine rings is 2. The summed E-state index contributed by atoms with van der Waals surface area (Å²) >= 11 is 0. The van der Waals surface area contributed by atoms with Gasteiger partial charge in [-0.1, -0.05) is 12.1 Å². The molecule has 1 aliphatic rings. The van der Waals surface area contributed by atoms with Crippen molar-refractivity contribution in [3.63, 3.8) is 0 Å². The molecular weight excluding hydrogens is 498 g/mol.